The predicted molar refractivity (Wildman–Crippen MR) is 114 cm³/mol. The fourth-order valence-corrected chi connectivity index (χ4v) is 3.92. The van der Waals surface area contributed by atoms with Crippen molar-refractivity contribution in [3.63, 3.8) is 0 Å². The lowest BCUT2D eigenvalue weighted by Crippen LogP contribution is -2.18. The van der Waals surface area contributed by atoms with Crippen LogP contribution in [0.1, 0.15) is 28.5 Å². The summed E-state index contributed by atoms with van der Waals surface area (Å²) in [6.07, 6.45) is 0.558. The van der Waals surface area contributed by atoms with E-state index >= 15 is 0 Å². The van der Waals surface area contributed by atoms with Crippen LogP contribution in [0.5, 0.6) is 0 Å². The Morgan fingerprint density at radius 1 is 1.10 bits per heavy atom. The van der Waals surface area contributed by atoms with E-state index in [2.05, 4.69) is 5.32 Å². The molecule has 0 aliphatic rings. The van der Waals surface area contributed by atoms with Crippen LogP contribution in [0, 0.1) is 5.82 Å². The van der Waals surface area contributed by atoms with Crippen molar-refractivity contribution in [1.29, 1.82) is 0 Å². The summed E-state index contributed by atoms with van der Waals surface area (Å²) in [6.45, 7) is 2.45. The second-order valence-electron chi connectivity index (χ2n) is 6.93. The van der Waals surface area contributed by atoms with E-state index in [4.69, 9.17) is 4.74 Å². The second-order valence-corrected chi connectivity index (χ2v) is 6.93. The molecule has 0 atom stereocenters. The highest BCUT2D eigenvalue weighted by Gasteiger charge is 2.24. The van der Waals surface area contributed by atoms with Gasteiger partial charge in [-0.15, -0.1) is 0 Å². The van der Waals surface area contributed by atoms with E-state index in [0.29, 0.717) is 35.1 Å². The van der Waals surface area contributed by atoms with Gasteiger partial charge in [0.25, 0.3) is 0 Å². The lowest BCUT2D eigenvalue weighted by molar-refractivity contribution is -0.109. The smallest absolute Gasteiger partial charge is 0.355 e. The molecular formula is C24H21FN2O3. The van der Waals surface area contributed by atoms with Crippen LogP contribution < -0.4 is 5.32 Å². The van der Waals surface area contributed by atoms with Crippen molar-refractivity contribution in [2.24, 2.45) is 0 Å². The van der Waals surface area contributed by atoms with Gasteiger partial charge in [-0.05, 0) is 41.5 Å². The molecule has 0 fully saturated rings. The maximum atomic E-state index is 14.0. The number of hydrogen-bond donors (Lipinski definition) is 1. The molecule has 4 aromatic rings. The zero-order valence-corrected chi connectivity index (χ0v) is 16.5. The Balaban J connectivity index is 1.96. The highest BCUT2D eigenvalue weighted by Crippen LogP contribution is 2.30. The van der Waals surface area contributed by atoms with Gasteiger partial charge in [-0.3, -0.25) is 4.79 Å². The normalized spacial score (nSPS) is 11.0. The summed E-state index contributed by atoms with van der Waals surface area (Å²) >= 11 is 0. The highest BCUT2D eigenvalue weighted by atomic mass is 19.1. The van der Waals surface area contributed by atoms with Crippen molar-refractivity contribution < 1.29 is 18.7 Å². The molecule has 4 rings (SSSR count). The number of carbonyl (C=O) groups excluding carboxylic acids is 2. The Morgan fingerprint density at radius 2 is 1.90 bits per heavy atom. The fraction of sp³-hybridized carbons (Fsp3) is 0.167. The number of fused-ring (bicyclic) bond motifs is 2. The van der Waals surface area contributed by atoms with Crippen LogP contribution in [-0.4, -0.2) is 23.6 Å². The summed E-state index contributed by atoms with van der Waals surface area (Å²) in [5.74, 6) is -0.912. The Bertz CT molecular complexity index is 1240. The van der Waals surface area contributed by atoms with Gasteiger partial charge in [-0.1, -0.05) is 42.5 Å². The third kappa shape index (κ3) is 3.52. The first-order chi connectivity index (χ1) is 14.6. The number of halogens is 1. The average Bonchev–Trinajstić information content (AvgIpc) is 3.05. The van der Waals surface area contributed by atoms with Crippen molar-refractivity contribution in [2.75, 3.05) is 6.61 Å². The van der Waals surface area contributed by atoms with Crippen molar-refractivity contribution in [3.05, 3.63) is 83.3 Å². The first kappa shape index (κ1) is 19.6. The van der Waals surface area contributed by atoms with Crippen LogP contribution >= 0.6 is 0 Å². The molecule has 1 amide bonds. The van der Waals surface area contributed by atoms with Crippen molar-refractivity contribution in [3.8, 4) is 0 Å². The van der Waals surface area contributed by atoms with Gasteiger partial charge < -0.3 is 14.6 Å². The standard InChI is InChI=1S/C24H21FN2O3/c1-2-30-24(29)23-21(13-26-15-28)20-12-18(25)10-11-22(20)27(23)14-17-8-5-7-16-6-3-4-9-19(16)17/h3-12,15H,2,13-14H2,1H3,(H,26,28). The van der Waals surface area contributed by atoms with Crippen LogP contribution in [0.3, 0.4) is 0 Å². The van der Waals surface area contributed by atoms with Gasteiger partial charge in [0, 0.05) is 29.6 Å². The molecule has 0 saturated heterocycles. The second kappa shape index (κ2) is 8.37. The predicted octanol–water partition coefficient (Wildman–Crippen LogP) is 4.40. The minimum Gasteiger partial charge on any atom is -0.461 e. The molecule has 6 heteroatoms. The minimum atomic E-state index is -0.503. The zero-order valence-electron chi connectivity index (χ0n) is 16.5. The number of nitrogens with one attached hydrogen (secondary N) is 1. The maximum Gasteiger partial charge on any atom is 0.355 e. The van der Waals surface area contributed by atoms with Gasteiger partial charge in [-0.25, -0.2) is 9.18 Å². The van der Waals surface area contributed by atoms with Gasteiger partial charge in [0.05, 0.1) is 6.61 Å². The van der Waals surface area contributed by atoms with Crippen LogP contribution in [0.2, 0.25) is 0 Å². The molecule has 0 spiro atoms. The van der Waals surface area contributed by atoms with E-state index in [1.54, 1.807) is 13.0 Å². The lowest BCUT2D eigenvalue weighted by atomic mass is 10.0. The Labute approximate surface area is 173 Å². The Hall–Kier alpha value is -3.67. The SMILES string of the molecule is CCOC(=O)c1c(CNC=O)c2cc(F)ccc2n1Cc1cccc2ccccc12. The van der Waals surface area contributed by atoms with Gasteiger partial charge >= 0.3 is 5.97 Å². The maximum absolute atomic E-state index is 14.0. The molecule has 0 aliphatic heterocycles. The first-order valence-corrected chi connectivity index (χ1v) is 9.75. The van der Waals surface area contributed by atoms with Crippen molar-refractivity contribution in [1.82, 2.24) is 9.88 Å². The number of benzene rings is 3. The monoisotopic (exact) mass is 404 g/mol. The number of amides is 1. The zero-order chi connectivity index (χ0) is 21.1. The van der Waals surface area contributed by atoms with E-state index in [0.717, 1.165) is 16.3 Å². The minimum absolute atomic E-state index is 0.0974. The van der Waals surface area contributed by atoms with E-state index < -0.39 is 11.8 Å². The molecule has 1 heterocycles. The number of esters is 1. The number of aromatic nitrogens is 1. The largest absolute Gasteiger partial charge is 0.461 e. The Kier molecular flexibility index (Phi) is 5.48. The topological polar surface area (TPSA) is 60.3 Å². The number of nitrogens with zero attached hydrogens (tertiary/aromatic N) is 1. The van der Waals surface area contributed by atoms with Gasteiger partial charge in [0.1, 0.15) is 11.5 Å². The summed E-state index contributed by atoms with van der Waals surface area (Å²) in [6, 6.07) is 18.5. The molecule has 0 radical (unpaired) electrons. The number of hydrogen-bond acceptors (Lipinski definition) is 3. The highest BCUT2D eigenvalue weighted by molar-refractivity contribution is 5.99. The molecule has 1 aromatic heterocycles. The quantitative estimate of drug-likeness (QED) is 0.367. The van der Waals surface area contributed by atoms with E-state index in [1.807, 2.05) is 47.0 Å². The van der Waals surface area contributed by atoms with Crippen molar-refractivity contribution in [2.45, 2.75) is 20.0 Å². The van der Waals surface area contributed by atoms with Crippen LogP contribution in [0.25, 0.3) is 21.7 Å². The molecule has 152 valence electrons. The first-order valence-electron chi connectivity index (χ1n) is 9.75. The summed E-state index contributed by atoms with van der Waals surface area (Å²) < 4.78 is 21.2. The number of rotatable bonds is 7. The molecular weight excluding hydrogens is 383 g/mol. The van der Waals surface area contributed by atoms with Crippen LogP contribution in [0.15, 0.2) is 60.7 Å². The van der Waals surface area contributed by atoms with E-state index in [-0.39, 0.29) is 13.2 Å². The Morgan fingerprint density at radius 3 is 2.70 bits per heavy atom. The van der Waals surface area contributed by atoms with Gasteiger partial charge in [0.2, 0.25) is 6.41 Å². The molecule has 0 unspecified atom stereocenters. The van der Waals surface area contributed by atoms with Gasteiger partial charge in [0.15, 0.2) is 0 Å². The van der Waals surface area contributed by atoms with E-state index in [1.165, 1.54) is 12.1 Å². The number of ether oxygens (including phenoxy) is 1. The van der Waals surface area contributed by atoms with Crippen LogP contribution in [0.4, 0.5) is 4.39 Å². The van der Waals surface area contributed by atoms with Crippen LogP contribution in [-0.2, 0) is 22.6 Å². The van der Waals surface area contributed by atoms with Crippen molar-refractivity contribution >= 4 is 34.1 Å². The molecule has 1 N–H and O–H groups in total. The van der Waals surface area contributed by atoms with Gasteiger partial charge in [-0.2, -0.15) is 0 Å². The molecule has 5 nitrogen and oxygen atoms in total. The third-order valence-electron chi connectivity index (χ3n) is 5.17. The lowest BCUT2D eigenvalue weighted by Gasteiger charge is -2.13. The summed E-state index contributed by atoms with van der Waals surface area (Å²) in [7, 11) is 0. The average molecular weight is 404 g/mol. The molecule has 30 heavy (non-hydrogen) atoms. The molecule has 3 aromatic carbocycles. The summed E-state index contributed by atoms with van der Waals surface area (Å²) in [5, 5.41) is 5.34. The summed E-state index contributed by atoms with van der Waals surface area (Å²) in [4.78, 5) is 23.8. The fourth-order valence-electron chi connectivity index (χ4n) is 3.92. The number of carbonyl (C=O) groups is 2. The van der Waals surface area contributed by atoms with E-state index in [9.17, 15) is 14.0 Å². The molecule has 0 bridgehead atoms. The molecule has 0 aliphatic carbocycles. The third-order valence-corrected chi connectivity index (χ3v) is 5.17. The summed E-state index contributed by atoms with van der Waals surface area (Å²) in [5.41, 5.74) is 2.58. The molecule has 0 saturated carbocycles.